The summed E-state index contributed by atoms with van der Waals surface area (Å²) in [7, 11) is 0. The number of carbonyl (C=O) groups excluding carboxylic acids is 1. The number of aliphatic hydroxyl groups excluding tert-OH is 1. The van der Waals surface area contributed by atoms with Gasteiger partial charge in [0.05, 0.1) is 17.4 Å². The van der Waals surface area contributed by atoms with Crippen molar-refractivity contribution in [2.45, 2.75) is 44.1 Å². The molecule has 3 aromatic rings. The lowest BCUT2D eigenvalue weighted by molar-refractivity contribution is -0.131. The fourth-order valence-electron chi connectivity index (χ4n) is 4.37. The fourth-order valence-corrected chi connectivity index (χ4v) is 5.16. The molecule has 2 aliphatic rings. The van der Waals surface area contributed by atoms with Crippen molar-refractivity contribution in [3.05, 3.63) is 57.0 Å². The first kappa shape index (κ1) is 23.2. The number of amides is 1. The molecule has 1 saturated carbocycles. The van der Waals surface area contributed by atoms with Gasteiger partial charge in [-0.25, -0.2) is 14.8 Å². The number of nitrogens with zero attached hydrogens (tertiary/aromatic N) is 4. The first-order chi connectivity index (χ1) is 16.9. The van der Waals surface area contributed by atoms with E-state index >= 15 is 0 Å². The van der Waals surface area contributed by atoms with Gasteiger partial charge in [-0.1, -0.05) is 6.42 Å². The van der Waals surface area contributed by atoms with Gasteiger partial charge in [-0.15, -0.1) is 11.3 Å². The lowest BCUT2D eigenvalue weighted by atomic mass is 9.83. The number of rotatable bonds is 6. The fraction of sp³-hybridized carbons (Fsp3) is 0.375. The van der Waals surface area contributed by atoms with Gasteiger partial charge < -0.3 is 15.1 Å². The number of hydrogen-bond acceptors (Lipinski definition) is 8. The Hall–Kier alpha value is -3.57. The van der Waals surface area contributed by atoms with Gasteiger partial charge in [0.15, 0.2) is 5.13 Å². The standard InChI is InChI=1S/C24H25N5O5S/c30-16-5-2-9-28(12-16)21-17(6-7-20(31)32)23(34)29-10-8-15(11-19(29)26-21)22(33)27-24-25-18(13-35-24)14-3-1-4-14/h6-8,10-11,13-14,16,30H,1-5,9,12H2,(H,31,32)(H,25,27,33). The second-order valence-corrected chi connectivity index (χ2v) is 9.73. The summed E-state index contributed by atoms with van der Waals surface area (Å²) >= 11 is 1.39. The van der Waals surface area contributed by atoms with E-state index in [-0.39, 0.29) is 29.5 Å². The number of aliphatic hydroxyl groups is 1. The average Bonchev–Trinajstić information content (AvgIpc) is 3.24. The molecule has 1 aliphatic heterocycles. The number of thiazole rings is 1. The first-order valence-electron chi connectivity index (χ1n) is 11.6. The lowest BCUT2D eigenvalue weighted by Gasteiger charge is -2.32. The molecule has 35 heavy (non-hydrogen) atoms. The molecule has 1 atom stereocenters. The van der Waals surface area contributed by atoms with E-state index in [9.17, 15) is 19.5 Å². The lowest BCUT2D eigenvalue weighted by Crippen LogP contribution is -2.40. The highest BCUT2D eigenvalue weighted by Gasteiger charge is 2.24. The van der Waals surface area contributed by atoms with Crippen LogP contribution in [0.1, 0.15) is 59.6 Å². The van der Waals surface area contributed by atoms with Crippen LogP contribution in [-0.4, -0.2) is 55.7 Å². The van der Waals surface area contributed by atoms with E-state index in [0.29, 0.717) is 36.0 Å². The number of hydrogen-bond donors (Lipinski definition) is 3. The van der Waals surface area contributed by atoms with Crippen LogP contribution in [0.5, 0.6) is 0 Å². The van der Waals surface area contributed by atoms with Crippen molar-refractivity contribution in [2.75, 3.05) is 23.3 Å². The van der Waals surface area contributed by atoms with Gasteiger partial charge in [0, 0.05) is 42.2 Å². The molecule has 1 aliphatic carbocycles. The van der Waals surface area contributed by atoms with Gasteiger partial charge in [0.2, 0.25) is 0 Å². The zero-order chi connectivity index (χ0) is 24.5. The number of fused-ring (bicyclic) bond motifs is 1. The number of pyridine rings is 1. The summed E-state index contributed by atoms with van der Waals surface area (Å²) in [5.41, 5.74) is 1.23. The Morgan fingerprint density at radius 1 is 1.20 bits per heavy atom. The molecule has 4 heterocycles. The van der Waals surface area contributed by atoms with Crippen molar-refractivity contribution in [1.29, 1.82) is 0 Å². The van der Waals surface area contributed by atoms with Crippen LogP contribution in [0.4, 0.5) is 10.9 Å². The van der Waals surface area contributed by atoms with Crippen LogP contribution in [0, 0.1) is 0 Å². The topological polar surface area (TPSA) is 137 Å². The van der Waals surface area contributed by atoms with Crippen LogP contribution in [0.15, 0.2) is 34.6 Å². The van der Waals surface area contributed by atoms with E-state index < -0.39 is 17.6 Å². The Kier molecular flexibility index (Phi) is 6.35. The zero-order valence-electron chi connectivity index (χ0n) is 18.9. The number of anilines is 2. The number of aliphatic carboxylic acids is 1. The third-order valence-corrected chi connectivity index (χ3v) is 7.24. The molecule has 182 valence electrons. The second-order valence-electron chi connectivity index (χ2n) is 8.87. The highest BCUT2D eigenvalue weighted by atomic mass is 32.1. The summed E-state index contributed by atoms with van der Waals surface area (Å²) in [6.07, 6.45) is 7.82. The van der Waals surface area contributed by atoms with E-state index in [1.807, 2.05) is 5.38 Å². The van der Waals surface area contributed by atoms with Crippen LogP contribution in [0.2, 0.25) is 0 Å². The summed E-state index contributed by atoms with van der Waals surface area (Å²) in [4.78, 5) is 48.2. The quantitative estimate of drug-likeness (QED) is 0.444. The minimum absolute atomic E-state index is 0.113. The molecule has 0 spiro atoms. The zero-order valence-corrected chi connectivity index (χ0v) is 19.7. The second kappa shape index (κ2) is 9.59. The smallest absolute Gasteiger partial charge is 0.328 e. The van der Waals surface area contributed by atoms with Crippen LogP contribution >= 0.6 is 11.3 Å². The number of aromatic nitrogens is 3. The predicted molar refractivity (Wildman–Crippen MR) is 132 cm³/mol. The van der Waals surface area contributed by atoms with Crippen molar-refractivity contribution in [3.8, 4) is 0 Å². The van der Waals surface area contributed by atoms with Crippen molar-refractivity contribution in [1.82, 2.24) is 14.4 Å². The maximum absolute atomic E-state index is 13.2. The Labute approximate surface area is 204 Å². The normalized spacial score (nSPS) is 18.7. The first-order valence-corrected chi connectivity index (χ1v) is 12.4. The molecule has 5 rings (SSSR count). The van der Waals surface area contributed by atoms with Crippen LogP contribution < -0.4 is 15.8 Å². The predicted octanol–water partition coefficient (Wildman–Crippen LogP) is 2.73. The SMILES string of the molecule is O=C(O)C=Cc1c(N2CCCC(O)C2)nc2cc(C(=O)Nc3nc(C4CCC4)cs3)ccn2c1=O. The molecule has 0 aromatic carbocycles. The molecule has 3 aromatic heterocycles. The van der Waals surface area contributed by atoms with Gasteiger partial charge in [-0.05, 0) is 43.9 Å². The summed E-state index contributed by atoms with van der Waals surface area (Å²) in [5, 5.41) is 24.5. The largest absolute Gasteiger partial charge is 0.478 e. The molecule has 2 fully saturated rings. The maximum atomic E-state index is 13.2. The van der Waals surface area contributed by atoms with Crippen molar-refractivity contribution in [2.24, 2.45) is 0 Å². The van der Waals surface area contributed by atoms with Gasteiger partial charge in [0.1, 0.15) is 11.5 Å². The number of carboxylic acids is 1. The molecule has 10 nitrogen and oxygen atoms in total. The minimum Gasteiger partial charge on any atom is -0.478 e. The summed E-state index contributed by atoms with van der Waals surface area (Å²) in [5.74, 6) is -0.784. The summed E-state index contributed by atoms with van der Waals surface area (Å²) < 4.78 is 1.28. The van der Waals surface area contributed by atoms with Gasteiger partial charge >= 0.3 is 5.97 Å². The van der Waals surface area contributed by atoms with E-state index in [4.69, 9.17) is 5.11 Å². The molecule has 1 unspecified atom stereocenters. The van der Waals surface area contributed by atoms with E-state index in [1.165, 1.54) is 46.6 Å². The number of piperidine rings is 1. The molecule has 0 radical (unpaired) electrons. The van der Waals surface area contributed by atoms with Gasteiger partial charge in [-0.2, -0.15) is 0 Å². The van der Waals surface area contributed by atoms with Gasteiger partial charge in [0.25, 0.3) is 11.5 Å². The molecular formula is C24H25N5O5S. The summed E-state index contributed by atoms with van der Waals surface area (Å²) in [6, 6.07) is 3.03. The molecule has 1 amide bonds. The monoisotopic (exact) mass is 495 g/mol. The van der Waals surface area contributed by atoms with Crippen molar-refractivity contribution in [3.63, 3.8) is 0 Å². The molecular weight excluding hydrogens is 470 g/mol. The molecule has 1 saturated heterocycles. The van der Waals surface area contributed by atoms with Crippen LogP contribution in [0.25, 0.3) is 11.7 Å². The number of carbonyl (C=O) groups is 2. The van der Waals surface area contributed by atoms with E-state index in [1.54, 1.807) is 4.90 Å². The third kappa shape index (κ3) is 4.82. The average molecular weight is 496 g/mol. The maximum Gasteiger partial charge on any atom is 0.328 e. The number of carboxylic acid groups (broad SMARTS) is 1. The molecule has 3 N–H and O–H groups in total. The van der Waals surface area contributed by atoms with Crippen molar-refractivity contribution < 1.29 is 19.8 Å². The highest BCUT2D eigenvalue weighted by molar-refractivity contribution is 7.14. The third-order valence-electron chi connectivity index (χ3n) is 6.46. The Bertz CT molecular complexity index is 1380. The van der Waals surface area contributed by atoms with Gasteiger partial charge in [-0.3, -0.25) is 19.3 Å². The summed E-state index contributed by atoms with van der Waals surface area (Å²) in [6.45, 7) is 0.852. The van der Waals surface area contributed by atoms with Crippen LogP contribution in [0.3, 0.4) is 0 Å². The number of β-amino-alcohol motifs (C(OH)–C–C–N with tert-alkyl or cyclic N) is 1. The van der Waals surface area contributed by atoms with E-state index in [2.05, 4.69) is 15.3 Å². The minimum atomic E-state index is -1.19. The molecule has 11 heteroatoms. The van der Waals surface area contributed by atoms with E-state index in [0.717, 1.165) is 24.6 Å². The Morgan fingerprint density at radius 2 is 2.03 bits per heavy atom. The number of nitrogens with one attached hydrogen (secondary N) is 1. The van der Waals surface area contributed by atoms with Crippen LogP contribution in [-0.2, 0) is 4.79 Å². The highest BCUT2D eigenvalue weighted by Crippen LogP contribution is 2.37. The Balaban J connectivity index is 1.49. The molecule has 0 bridgehead atoms. The van der Waals surface area contributed by atoms with Crippen molar-refractivity contribution >= 4 is 45.9 Å². The Morgan fingerprint density at radius 3 is 2.74 bits per heavy atom.